The maximum absolute atomic E-state index is 11.1. The van der Waals surface area contributed by atoms with Crippen LogP contribution in [0.4, 0.5) is 0 Å². The van der Waals surface area contributed by atoms with Crippen molar-refractivity contribution in [3.63, 3.8) is 0 Å². The van der Waals surface area contributed by atoms with Crippen LogP contribution in [0.2, 0.25) is 0 Å². The van der Waals surface area contributed by atoms with Gasteiger partial charge in [-0.3, -0.25) is 14.8 Å². The molecule has 0 radical (unpaired) electrons. The molecule has 5 heteroatoms. The first-order valence-corrected chi connectivity index (χ1v) is 12.5. The summed E-state index contributed by atoms with van der Waals surface area (Å²) in [5.41, 5.74) is 0.432. The quantitative estimate of drug-likeness (QED) is 0.278. The molecular formula is C29H62N4O. The maximum atomic E-state index is 11.1. The molecule has 0 aliphatic rings. The molecule has 0 aliphatic heterocycles. The fourth-order valence-electron chi connectivity index (χ4n) is 2.19. The number of rotatable bonds is 0. The van der Waals surface area contributed by atoms with Crippen molar-refractivity contribution in [1.82, 2.24) is 14.8 Å². The molecule has 0 aliphatic carbocycles. The van der Waals surface area contributed by atoms with Crippen molar-refractivity contribution in [3.8, 4) is 0 Å². The molecule has 1 aromatic rings. The van der Waals surface area contributed by atoms with Gasteiger partial charge in [-0.05, 0) is 17.5 Å². The number of nitrogens with zero attached hydrogens (tertiary/aromatic N) is 4. The Balaban J connectivity index is -0.000000107. The second-order valence-electron chi connectivity index (χ2n) is 11.2. The minimum absolute atomic E-state index is 0.165. The van der Waals surface area contributed by atoms with Crippen molar-refractivity contribution in [2.45, 2.75) is 96.9 Å². The van der Waals surface area contributed by atoms with Crippen LogP contribution in [0.25, 0.3) is 0 Å². The number of carbonyl (C=O) groups excluding carboxylic acids is 1. The summed E-state index contributed by atoms with van der Waals surface area (Å²) in [5.74, 6) is 1.30. The lowest BCUT2D eigenvalue weighted by atomic mass is 9.94. The number of amidine groups is 1. The van der Waals surface area contributed by atoms with E-state index in [1.54, 1.807) is 31.4 Å². The summed E-state index contributed by atoms with van der Waals surface area (Å²) in [4.78, 5) is 22.7. The van der Waals surface area contributed by atoms with E-state index in [1.165, 1.54) is 0 Å². The number of carbonyl (C=O) groups is 1. The van der Waals surface area contributed by atoms with Crippen molar-refractivity contribution in [2.75, 3.05) is 35.2 Å². The van der Waals surface area contributed by atoms with Crippen LogP contribution in [0.3, 0.4) is 0 Å². The molecule has 204 valence electrons. The molecule has 0 N–H and O–H groups in total. The molecule has 0 aromatic carbocycles. The standard InChI is InChI=1S/C8H18N2.C7H15NO.C5H5N.C5H12.2C2H6/c1-8(2,3)7(9-4)10(5)6;1-7(2,3)6(9)8(4)5;1-2-4-6-5-3-1;1-5(2,3)4;2*1-2/h1-6H3;1-5H3;1-5H;1-4H3;2*1-2H3. The van der Waals surface area contributed by atoms with Crippen LogP contribution >= 0.6 is 0 Å². The average Bonchev–Trinajstić information content (AvgIpc) is 2.70. The number of aliphatic imine (C=N–C) groups is 1. The molecule has 0 fully saturated rings. The van der Waals surface area contributed by atoms with Gasteiger partial charge in [-0.15, -0.1) is 0 Å². The minimum Gasteiger partial charge on any atom is -0.366 e. The molecule has 0 saturated carbocycles. The van der Waals surface area contributed by atoms with E-state index in [2.05, 4.69) is 63.3 Å². The molecule has 0 atom stereocenters. The summed E-state index contributed by atoms with van der Waals surface area (Å²) in [6, 6.07) is 5.72. The third-order valence-corrected chi connectivity index (χ3v) is 2.92. The summed E-state index contributed by atoms with van der Waals surface area (Å²) < 4.78 is 0. The highest BCUT2D eigenvalue weighted by molar-refractivity contribution is 5.86. The lowest BCUT2D eigenvalue weighted by Crippen LogP contribution is -2.33. The van der Waals surface area contributed by atoms with Gasteiger partial charge in [0.15, 0.2) is 0 Å². The zero-order chi connectivity index (χ0) is 28.8. The number of hydrogen-bond acceptors (Lipinski definition) is 3. The van der Waals surface area contributed by atoms with E-state index in [-0.39, 0.29) is 16.7 Å². The van der Waals surface area contributed by atoms with Gasteiger partial charge in [0.05, 0.1) is 0 Å². The Morgan fingerprint density at radius 1 is 0.647 bits per heavy atom. The topological polar surface area (TPSA) is 48.8 Å². The molecule has 34 heavy (non-hydrogen) atoms. The van der Waals surface area contributed by atoms with E-state index in [1.807, 2.05) is 87.8 Å². The van der Waals surface area contributed by atoms with E-state index in [9.17, 15) is 4.79 Å². The molecule has 1 amide bonds. The highest BCUT2D eigenvalue weighted by atomic mass is 16.2. The van der Waals surface area contributed by atoms with Crippen molar-refractivity contribution in [2.24, 2.45) is 21.2 Å². The molecule has 5 nitrogen and oxygen atoms in total. The minimum atomic E-state index is -0.233. The molecule has 0 bridgehead atoms. The van der Waals surface area contributed by atoms with E-state index in [0.717, 1.165) is 5.84 Å². The SMILES string of the molecule is CC.CC.CC(C)(C)C.CN(C)C(=O)C(C)(C)C.CN=C(N(C)C)C(C)(C)C.c1ccncc1. The van der Waals surface area contributed by atoms with Gasteiger partial charge in [0.25, 0.3) is 0 Å². The summed E-state index contributed by atoms with van der Waals surface area (Å²) >= 11 is 0. The predicted molar refractivity (Wildman–Crippen MR) is 157 cm³/mol. The van der Waals surface area contributed by atoms with Crippen LogP contribution in [0.1, 0.15) is 96.9 Å². The second-order valence-corrected chi connectivity index (χ2v) is 11.2. The van der Waals surface area contributed by atoms with E-state index < -0.39 is 0 Å². The largest absolute Gasteiger partial charge is 0.366 e. The predicted octanol–water partition coefficient (Wildman–Crippen LogP) is 7.93. The fraction of sp³-hybridized carbons (Fsp3) is 0.759. The van der Waals surface area contributed by atoms with Crippen molar-refractivity contribution in [3.05, 3.63) is 30.6 Å². The van der Waals surface area contributed by atoms with Gasteiger partial charge < -0.3 is 9.80 Å². The highest BCUT2D eigenvalue weighted by Crippen LogP contribution is 2.16. The Morgan fingerprint density at radius 2 is 0.971 bits per heavy atom. The Kier molecular flexibility index (Phi) is 28.4. The molecule has 1 rings (SSSR count). The number of hydrogen-bond donors (Lipinski definition) is 0. The van der Waals surface area contributed by atoms with Gasteiger partial charge in [0.1, 0.15) is 5.84 Å². The van der Waals surface area contributed by atoms with E-state index in [0.29, 0.717) is 5.41 Å². The number of amides is 1. The van der Waals surface area contributed by atoms with Crippen molar-refractivity contribution < 1.29 is 4.79 Å². The van der Waals surface area contributed by atoms with Gasteiger partial charge in [-0.2, -0.15) is 0 Å². The Morgan fingerprint density at radius 3 is 1.00 bits per heavy atom. The Hall–Kier alpha value is -1.91. The van der Waals surface area contributed by atoms with E-state index >= 15 is 0 Å². The summed E-state index contributed by atoms with van der Waals surface area (Å²) in [6.45, 7) is 29.0. The highest BCUT2D eigenvalue weighted by Gasteiger charge is 2.22. The van der Waals surface area contributed by atoms with Crippen LogP contribution in [0.5, 0.6) is 0 Å². The molecule has 0 unspecified atom stereocenters. The maximum Gasteiger partial charge on any atom is 0.227 e. The van der Waals surface area contributed by atoms with Gasteiger partial charge in [-0.1, -0.05) is 103 Å². The summed E-state index contributed by atoms with van der Waals surface area (Å²) in [6.07, 6.45) is 3.50. The molecule has 0 saturated heterocycles. The Bertz CT molecular complexity index is 540. The second kappa shape index (κ2) is 22.9. The first kappa shape index (κ1) is 42.3. The van der Waals surface area contributed by atoms with Crippen LogP contribution < -0.4 is 0 Å². The van der Waals surface area contributed by atoms with Crippen molar-refractivity contribution >= 4 is 11.7 Å². The van der Waals surface area contributed by atoms with Crippen LogP contribution in [-0.2, 0) is 4.79 Å². The lowest BCUT2D eigenvalue weighted by Gasteiger charge is -2.27. The number of pyridine rings is 1. The third kappa shape index (κ3) is 37.4. The fourth-order valence-corrected chi connectivity index (χ4v) is 2.19. The molecule has 1 heterocycles. The lowest BCUT2D eigenvalue weighted by molar-refractivity contribution is -0.136. The molecular weight excluding hydrogens is 420 g/mol. The van der Waals surface area contributed by atoms with Gasteiger partial charge in [-0.25, -0.2) is 0 Å². The average molecular weight is 483 g/mol. The monoisotopic (exact) mass is 482 g/mol. The van der Waals surface area contributed by atoms with E-state index in [4.69, 9.17) is 0 Å². The Labute approximate surface area is 215 Å². The van der Waals surface area contributed by atoms with Crippen LogP contribution in [-0.4, -0.2) is 61.8 Å². The van der Waals surface area contributed by atoms with Crippen molar-refractivity contribution in [1.29, 1.82) is 0 Å². The summed E-state index contributed by atoms with van der Waals surface area (Å²) in [5, 5.41) is 0. The van der Waals surface area contributed by atoms with Crippen LogP contribution in [0.15, 0.2) is 35.6 Å². The first-order chi connectivity index (χ1) is 15.2. The normalized spacial score (nSPS) is 10.5. The zero-order valence-electron chi connectivity index (χ0n) is 26.6. The molecule has 1 aromatic heterocycles. The number of aromatic nitrogens is 1. The van der Waals surface area contributed by atoms with Crippen LogP contribution in [0, 0.1) is 16.2 Å². The molecule has 0 spiro atoms. The van der Waals surface area contributed by atoms with Gasteiger partial charge >= 0.3 is 0 Å². The third-order valence-electron chi connectivity index (χ3n) is 2.92. The smallest absolute Gasteiger partial charge is 0.227 e. The zero-order valence-corrected chi connectivity index (χ0v) is 26.6. The van der Waals surface area contributed by atoms with Gasteiger partial charge in [0.2, 0.25) is 5.91 Å². The van der Waals surface area contributed by atoms with Gasteiger partial charge in [0, 0.05) is 58.5 Å². The summed E-state index contributed by atoms with van der Waals surface area (Å²) in [7, 11) is 9.42. The first-order valence-electron chi connectivity index (χ1n) is 12.5.